The summed E-state index contributed by atoms with van der Waals surface area (Å²) < 4.78 is 87.0. The molecule has 0 bridgehead atoms. The highest BCUT2D eigenvalue weighted by Crippen LogP contribution is 2.44. The molecule has 7 aromatic rings. The number of para-hydroxylation sites is 1. The molecule has 1 aliphatic heterocycles. The minimum Gasteiger partial charge on any atom is -0.497 e. The molecule has 332 valence electrons. The average molecular weight is 925 g/mol. The van der Waals surface area contributed by atoms with Crippen LogP contribution in [-0.4, -0.2) is 111 Å². The minimum absolute atomic E-state index is 0.0288. The fraction of sp³-hybridized carbons (Fsp3) is 0.250. The van der Waals surface area contributed by atoms with Crippen LogP contribution < -0.4 is 19.9 Å². The molecule has 1 aliphatic rings. The molecule has 5 aromatic carbocycles. The third kappa shape index (κ3) is 9.27. The quantitative estimate of drug-likeness (QED) is 0.123. The van der Waals surface area contributed by atoms with Crippen LogP contribution in [0.2, 0.25) is 0 Å². The van der Waals surface area contributed by atoms with Crippen LogP contribution in [0, 0.1) is 0 Å². The Labute approximate surface area is 373 Å². The van der Waals surface area contributed by atoms with Crippen molar-refractivity contribution < 1.29 is 40.6 Å². The summed E-state index contributed by atoms with van der Waals surface area (Å²) in [5, 5.41) is 13.1. The van der Waals surface area contributed by atoms with Gasteiger partial charge >= 0.3 is 0 Å². The summed E-state index contributed by atoms with van der Waals surface area (Å²) >= 11 is 1.25. The summed E-state index contributed by atoms with van der Waals surface area (Å²) in [6.45, 7) is -0.265. The van der Waals surface area contributed by atoms with E-state index in [-0.39, 0.29) is 73.9 Å². The molecular formula is C44H44N8O9S3. The Morgan fingerprint density at radius 1 is 0.781 bits per heavy atom. The molecule has 0 spiro atoms. The number of ether oxygens (including phenoxy) is 4. The molecule has 2 aromatic heterocycles. The van der Waals surface area contributed by atoms with Gasteiger partial charge in [-0.3, -0.25) is 4.79 Å². The second-order valence-corrected chi connectivity index (χ2v) is 19.8. The molecule has 0 unspecified atom stereocenters. The zero-order valence-electron chi connectivity index (χ0n) is 35.1. The summed E-state index contributed by atoms with van der Waals surface area (Å²) in [5.41, 5.74) is 9.33. The zero-order valence-corrected chi connectivity index (χ0v) is 37.5. The number of aromatic nitrogens is 5. The molecule has 17 nitrogen and oxygen atoms in total. The van der Waals surface area contributed by atoms with Gasteiger partial charge < -0.3 is 29.6 Å². The molecule has 3 heterocycles. The van der Waals surface area contributed by atoms with Crippen molar-refractivity contribution in [2.75, 3.05) is 59.1 Å². The zero-order chi connectivity index (χ0) is 45.0. The van der Waals surface area contributed by atoms with Crippen molar-refractivity contribution in [3.63, 3.8) is 0 Å². The number of rotatable bonds is 17. The minimum atomic E-state index is -4.91. The Morgan fingerprint density at radius 3 is 1.98 bits per heavy atom. The number of nitrogen functional groups attached to an aromatic ring is 1. The molecule has 64 heavy (non-hydrogen) atoms. The van der Waals surface area contributed by atoms with Crippen molar-refractivity contribution in [3.05, 3.63) is 120 Å². The van der Waals surface area contributed by atoms with Gasteiger partial charge in [-0.25, -0.2) is 26.5 Å². The molecule has 0 saturated carbocycles. The van der Waals surface area contributed by atoms with Crippen molar-refractivity contribution in [1.82, 2.24) is 34.4 Å². The fourth-order valence-corrected chi connectivity index (χ4v) is 11.9. The number of thiazole rings is 1. The monoisotopic (exact) mass is 924 g/mol. The van der Waals surface area contributed by atoms with Crippen LogP contribution in [0.3, 0.4) is 0 Å². The third-order valence-electron chi connectivity index (χ3n) is 10.8. The van der Waals surface area contributed by atoms with Crippen molar-refractivity contribution in [3.8, 4) is 39.8 Å². The van der Waals surface area contributed by atoms with Crippen LogP contribution in [0.1, 0.15) is 16.7 Å². The van der Waals surface area contributed by atoms with Gasteiger partial charge in [-0.05, 0) is 81.2 Å². The number of fused-ring (bicyclic) bond motifs is 1. The molecule has 0 aliphatic carbocycles. The van der Waals surface area contributed by atoms with Gasteiger partial charge in [0, 0.05) is 31.7 Å². The van der Waals surface area contributed by atoms with E-state index in [2.05, 4.69) is 20.5 Å². The highest BCUT2D eigenvalue weighted by atomic mass is 32.2. The number of amides is 1. The number of morpholine rings is 1. The van der Waals surface area contributed by atoms with E-state index < -0.39 is 35.4 Å². The largest absolute Gasteiger partial charge is 0.497 e. The number of methoxy groups -OCH3 is 3. The van der Waals surface area contributed by atoms with Crippen molar-refractivity contribution >= 4 is 52.5 Å². The molecule has 8 rings (SSSR count). The first kappa shape index (κ1) is 44.2. The Bertz CT molecular complexity index is 2970. The van der Waals surface area contributed by atoms with Crippen LogP contribution in [0.4, 0.5) is 5.13 Å². The predicted octanol–water partition coefficient (Wildman–Crippen LogP) is 5.30. The lowest BCUT2D eigenvalue weighted by molar-refractivity contribution is -0.142. The van der Waals surface area contributed by atoms with Gasteiger partial charge in [-0.2, -0.15) is 4.31 Å². The van der Waals surface area contributed by atoms with E-state index >= 15 is 8.42 Å². The topological polar surface area (TPSA) is 211 Å². The molecule has 1 saturated heterocycles. The van der Waals surface area contributed by atoms with Gasteiger partial charge in [0.1, 0.15) is 28.8 Å². The first-order chi connectivity index (χ1) is 30.9. The van der Waals surface area contributed by atoms with Crippen molar-refractivity contribution in [1.29, 1.82) is 0 Å². The number of hydrogen-bond acceptors (Lipinski definition) is 15. The lowest BCUT2D eigenvalue weighted by atomic mass is 9.98. The first-order valence-corrected chi connectivity index (χ1v) is 23.9. The van der Waals surface area contributed by atoms with Crippen LogP contribution in [0.5, 0.6) is 17.2 Å². The number of sulfonamides is 1. The maximum absolute atomic E-state index is 16.1. The van der Waals surface area contributed by atoms with E-state index in [4.69, 9.17) is 24.7 Å². The highest BCUT2D eigenvalue weighted by molar-refractivity contribution is 7.93. The average Bonchev–Trinajstić information content (AvgIpc) is 3.94. The van der Waals surface area contributed by atoms with E-state index in [9.17, 15) is 13.2 Å². The van der Waals surface area contributed by atoms with Crippen molar-refractivity contribution in [2.45, 2.75) is 29.4 Å². The molecule has 1 amide bonds. The van der Waals surface area contributed by atoms with Gasteiger partial charge in [0.25, 0.3) is 0 Å². The molecule has 20 heteroatoms. The number of benzene rings is 5. The molecule has 0 atom stereocenters. The van der Waals surface area contributed by atoms with Gasteiger partial charge in [-0.1, -0.05) is 65.9 Å². The highest BCUT2D eigenvalue weighted by Gasteiger charge is 2.39. The maximum atomic E-state index is 16.1. The molecule has 1 fully saturated rings. The van der Waals surface area contributed by atoms with Gasteiger partial charge in [-0.15, -0.1) is 5.10 Å². The van der Waals surface area contributed by atoms with Gasteiger partial charge in [0.05, 0.1) is 60.9 Å². The Morgan fingerprint density at radius 2 is 1.39 bits per heavy atom. The number of nitrogens with two attached hydrogens (primary N) is 1. The summed E-state index contributed by atoms with van der Waals surface area (Å²) in [4.78, 5) is 17.8. The van der Waals surface area contributed by atoms with Crippen LogP contribution in [0.25, 0.3) is 32.7 Å². The first-order valence-electron chi connectivity index (χ1n) is 19.9. The van der Waals surface area contributed by atoms with E-state index in [1.165, 1.54) is 45.5 Å². The van der Waals surface area contributed by atoms with E-state index in [1.54, 1.807) is 86.0 Å². The second kappa shape index (κ2) is 18.7. The molecule has 2 N–H and O–H groups in total. The third-order valence-corrected chi connectivity index (χ3v) is 15.4. The number of sulfone groups is 1. The van der Waals surface area contributed by atoms with Crippen LogP contribution >= 0.6 is 11.3 Å². The summed E-state index contributed by atoms with van der Waals surface area (Å²) in [6.07, 6.45) is 0. The van der Waals surface area contributed by atoms with Gasteiger partial charge in [0.2, 0.25) is 15.9 Å². The van der Waals surface area contributed by atoms with E-state index in [1.807, 2.05) is 18.2 Å². The molecule has 0 radical (unpaired) electrons. The smallest absolute Gasteiger partial charge is 0.248 e. The Hall–Kier alpha value is -6.45. The van der Waals surface area contributed by atoms with Crippen LogP contribution in [-0.2, 0) is 49.0 Å². The number of hydrogen-bond donors (Lipinski definition) is 1. The van der Waals surface area contributed by atoms with E-state index in [0.29, 0.717) is 39.5 Å². The number of carbonyl (C=O) groups is 1. The Balaban J connectivity index is 1.40. The summed E-state index contributed by atoms with van der Waals surface area (Å²) in [6, 6.07) is 29.3. The van der Waals surface area contributed by atoms with Gasteiger partial charge in [0.15, 0.2) is 20.8 Å². The lowest BCUT2D eigenvalue weighted by Crippen LogP contribution is -2.43. The number of nitrogens with zero attached hydrogens (tertiary/aromatic N) is 7. The number of anilines is 1. The number of carbonyl (C=O) groups excluding carboxylic acids is 1. The molecular weight excluding hydrogens is 881 g/mol. The predicted molar refractivity (Wildman–Crippen MR) is 240 cm³/mol. The summed E-state index contributed by atoms with van der Waals surface area (Å²) in [7, 11) is -4.81. The Kier molecular flexibility index (Phi) is 12.9. The van der Waals surface area contributed by atoms with E-state index in [0.717, 1.165) is 10.3 Å². The second-order valence-electron chi connectivity index (χ2n) is 14.7. The van der Waals surface area contributed by atoms with Crippen LogP contribution in [0.15, 0.2) is 113 Å². The standard InChI is InChI=1S/C44H44N8O9S3/c1-58-32-13-7-29(8-14-32)25-51(26-30-9-15-33(59-2)16-10-30)64(56,57)42-38(63(54,55)24-22-50-21-23-61-28-39(50)53)20-19-35(36-5-4-6-37-41(36)46-44(45)62-37)40(42)43-47-48-49-52(43)27-31-11-17-34(60-3)18-12-31/h4-20H,21-28H2,1-3H3,(H2,45,46). The number of tetrazole rings is 1. The fourth-order valence-electron chi connectivity index (χ4n) is 7.44. The maximum Gasteiger partial charge on any atom is 0.248 e. The lowest BCUT2D eigenvalue weighted by Gasteiger charge is -2.28. The summed E-state index contributed by atoms with van der Waals surface area (Å²) in [5.74, 6) is 0.763. The van der Waals surface area contributed by atoms with Crippen molar-refractivity contribution in [2.24, 2.45) is 0 Å². The SMILES string of the molecule is COc1ccc(CN(Cc2ccc(OC)cc2)S(=O)(=O)c2c(S(=O)(=O)CCN3CCOCC3=O)ccc(-c3cccc4sc(N)nc34)c2-c2nnnn2Cc2ccc(OC)cc2)cc1. The normalized spacial score (nSPS) is 13.4.